The second-order valence-corrected chi connectivity index (χ2v) is 6.90. The van der Waals surface area contributed by atoms with Gasteiger partial charge in [0, 0.05) is 5.54 Å². The van der Waals surface area contributed by atoms with Gasteiger partial charge in [-0.05, 0) is 32.9 Å². The highest BCUT2D eigenvalue weighted by atomic mass is 32.2. The predicted molar refractivity (Wildman–Crippen MR) is 73.9 cm³/mol. The topological polar surface area (TPSA) is 101 Å². The van der Waals surface area contributed by atoms with Crippen LogP contribution in [0.5, 0.6) is 0 Å². The van der Waals surface area contributed by atoms with E-state index in [1.807, 2.05) is 20.8 Å². The Morgan fingerprint density at radius 3 is 2.37 bits per heavy atom. The zero-order valence-electron chi connectivity index (χ0n) is 11.2. The monoisotopic (exact) mass is 285 g/mol. The number of para-hydroxylation sites is 1. The van der Waals surface area contributed by atoms with E-state index in [2.05, 4.69) is 10.0 Å². The van der Waals surface area contributed by atoms with Crippen LogP contribution in [0, 0.1) is 0 Å². The van der Waals surface area contributed by atoms with Crippen molar-refractivity contribution >= 4 is 21.6 Å². The number of nitrogens with two attached hydrogens (primary N) is 1. The fourth-order valence-corrected chi connectivity index (χ4v) is 2.54. The molecule has 0 saturated heterocycles. The molecule has 7 heteroatoms. The second-order valence-electron chi connectivity index (χ2n) is 5.16. The maximum Gasteiger partial charge on any atom is 0.243 e. The largest absolute Gasteiger partial charge is 0.398 e. The maximum atomic E-state index is 12.0. The zero-order chi connectivity index (χ0) is 14.7. The zero-order valence-corrected chi connectivity index (χ0v) is 12.0. The summed E-state index contributed by atoms with van der Waals surface area (Å²) in [6.07, 6.45) is 0. The van der Waals surface area contributed by atoms with Gasteiger partial charge in [-0.15, -0.1) is 0 Å². The molecule has 1 amide bonds. The van der Waals surface area contributed by atoms with Crippen LogP contribution in [0.4, 0.5) is 5.69 Å². The van der Waals surface area contributed by atoms with E-state index in [1.54, 1.807) is 12.1 Å². The fourth-order valence-electron chi connectivity index (χ4n) is 1.43. The molecule has 1 aromatic carbocycles. The SMILES string of the molecule is CC(C)(C)NC(=O)CNS(=O)(=O)c1ccccc1N. The minimum Gasteiger partial charge on any atom is -0.398 e. The molecular weight excluding hydrogens is 266 g/mol. The maximum absolute atomic E-state index is 12.0. The van der Waals surface area contributed by atoms with E-state index in [1.165, 1.54) is 12.1 Å². The first kappa shape index (κ1) is 15.5. The van der Waals surface area contributed by atoms with Gasteiger partial charge in [-0.3, -0.25) is 4.79 Å². The minimum atomic E-state index is -3.78. The number of sulfonamides is 1. The number of nitrogens with one attached hydrogen (secondary N) is 2. The Hall–Kier alpha value is -1.60. The summed E-state index contributed by atoms with van der Waals surface area (Å²) in [5.41, 5.74) is 5.33. The Bertz CT molecular complexity index is 562. The van der Waals surface area contributed by atoms with Crippen LogP contribution in [0.3, 0.4) is 0 Å². The van der Waals surface area contributed by atoms with Gasteiger partial charge in [-0.25, -0.2) is 13.1 Å². The molecule has 0 spiro atoms. The van der Waals surface area contributed by atoms with E-state index in [0.29, 0.717) is 0 Å². The van der Waals surface area contributed by atoms with Gasteiger partial charge in [0.15, 0.2) is 0 Å². The average Bonchev–Trinajstić information content (AvgIpc) is 2.24. The number of amides is 1. The van der Waals surface area contributed by atoms with Crippen LogP contribution in [0.2, 0.25) is 0 Å². The van der Waals surface area contributed by atoms with Gasteiger partial charge in [0.25, 0.3) is 0 Å². The number of anilines is 1. The molecule has 0 radical (unpaired) electrons. The third-order valence-electron chi connectivity index (χ3n) is 2.15. The third kappa shape index (κ3) is 4.88. The molecule has 4 N–H and O–H groups in total. The molecule has 0 aliphatic carbocycles. The molecule has 19 heavy (non-hydrogen) atoms. The highest BCUT2D eigenvalue weighted by Crippen LogP contribution is 2.16. The van der Waals surface area contributed by atoms with Crippen LogP contribution >= 0.6 is 0 Å². The van der Waals surface area contributed by atoms with Gasteiger partial charge in [0.05, 0.1) is 12.2 Å². The number of rotatable bonds is 4. The predicted octanol–water partition coefficient (Wildman–Crippen LogP) is 0.462. The smallest absolute Gasteiger partial charge is 0.243 e. The highest BCUT2D eigenvalue weighted by Gasteiger charge is 2.19. The minimum absolute atomic E-state index is 0.0291. The Morgan fingerprint density at radius 2 is 1.84 bits per heavy atom. The Kier molecular flexibility index (Phi) is 4.54. The summed E-state index contributed by atoms with van der Waals surface area (Å²) in [4.78, 5) is 11.5. The molecular formula is C12H19N3O3S. The molecule has 0 aliphatic heterocycles. The number of benzene rings is 1. The van der Waals surface area contributed by atoms with Crippen LogP contribution < -0.4 is 15.8 Å². The third-order valence-corrected chi connectivity index (χ3v) is 3.62. The van der Waals surface area contributed by atoms with Crippen LogP contribution in [-0.4, -0.2) is 26.4 Å². The molecule has 1 rings (SSSR count). The van der Waals surface area contributed by atoms with Crippen molar-refractivity contribution in [3.63, 3.8) is 0 Å². The lowest BCUT2D eigenvalue weighted by atomic mass is 10.1. The van der Waals surface area contributed by atoms with Crippen LogP contribution in [0.15, 0.2) is 29.2 Å². The van der Waals surface area contributed by atoms with Crippen molar-refractivity contribution in [1.82, 2.24) is 10.0 Å². The van der Waals surface area contributed by atoms with Crippen LogP contribution in [0.25, 0.3) is 0 Å². The number of hydrogen-bond donors (Lipinski definition) is 3. The Balaban J connectivity index is 2.72. The fraction of sp³-hybridized carbons (Fsp3) is 0.417. The summed E-state index contributed by atoms with van der Waals surface area (Å²) in [5, 5.41) is 2.66. The van der Waals surface area contributed by atoms with E-state index in [9.17, 15) is 13.2 Å². The van der Waals surface area contributed by atoms with Gasteiger partial charge in [-0.1, -0.05) is 12.1 Å². The highest BCUT2D eigenvalue weighted by molar-refractivity contribution is 7.89. The summed E-state index contributed by atoms with van der Waals surface area (Å²) in [7, 11) is -3.78. The van der Waals surface area contributed by atoms with Crippen molar-refractivity contribution in [3.05, 3.63) is 24.3 Å². The lowest BCUT2D eigenvalue weighted by Gasteiger charge is -2.20. The van der Waals surface area contributed by atoms with E-state index in [4.69, 9.17) is 5.73 Å². The van der Waals surface area contributed by atoms with E-state index in [0.717, 1.165) is 0 Å². The molecule has 0 atom stereocenters. The van der Waals surface area contributed by atoms with Gasteiger partial charge in [0.2, 0.25) is 15.9 Å². The van der Waals surface area contributed by atoms with E-state index < -0.39 is 21.5 Å². The second kappa shape index (κ2) is 5.58. The van der Waals surface area contributed by atoms with Crippen molar-refractivity contribution in [2.24, 2.45) is 0 Å². The first-order valence-corrected chi connectivity index (χ1v) is 7.25. The normalized spacial score (nSPS) is 12.2. The first-order chi connectivity index (χ1) is 8.62. The number of hydrogen-bond acceptors (Lipinski definition) is 4. The van der Waals surface area contributed by atoms with Gasteiger partial charge in [-0.2, -0.15) is 0 Å². The molecule has 106 valence electrons. The summed E-state index contributed by atoms with van der Waals surface area (Å²) in [6.45, 7) is 5.12. The van der Waals surface area contributed by atoms with Crippen molar-refractivity contribution in [1.29, 1.82) is 0 Å². The lowest BCUT2D eigenvalue weighted by molar-refractivity contribution is -0.121. The standard InChI is InChI=1S/C12H19N3O3S/c1-12(2,3)15-11(16)8-14-19(17,18)10-7-5-4-6-9(10)13/h4-7,14H,8,13H2,1-3H3,(H,15,16). The van der Waals surface area contributed by atoms with Crippen molar-refractivity contribution in [2.75, 3.05) is 12.3 Å². The molecule has 0 aromatic heterocycles. The van der Waals surface area contributed by atoms with Gasteiger partial charge in [0.1, 0.15) is 4.90 Å². The summed E-state index contributed by atoms with van der Waals surface area (Å²) in [5.74, 6) is -0.398. The summed E-state index contributed by atoms with van der Waals surface area (Å²) in [6, 6.07) is 6.09. The van der Waals surface area contributed by atoms with Crippen LogP contribution in [-0.2, 0) is 14.8 Å². The number of nitrogen functional groups attached to an aromatic ring is 1. The molecule has 6 nitrogen and oxygen atoms in total. The van der Waals surface area contributed by atoms with E-state index >= 15 is 0 Å². The quantitative estimate of drug-likeness (QED) is 0.700. The van der Waals surface area contributed by atoms with Gasteiger partial charge >= 0.3 is 0 Å². The Labute approximate surface area is 113 Å². The van der Waals surface area contributed by atoms with E-state index in [-0.39, 0.29) is 17.1 Å². The average molecular weight is 285 g/mol. The first-order valence-electron chi connectivity index (χ1n) is 5.77. The molecule has 0 unspecified atom stereocenters. The van der Waals surface area contributed by atoms with Crippen molar-refractivity contribution in [2.45, 2.75) is 31.2 Å². The molecule has 0 bridgehead atoms. The number of carbonyl (C=O) groups is 1. The molecule has 0 heterocycles. The lowest BCUT2D eigenvalue weighted by Crippen LogP contribution is -2.45. The Morgan fingerprint density at radius 1 is 1.26 bits per heavy atom. The van der Waals surface area contributed by atoms with Gasteiger partial charge < -0.3 is 11.1 Å². The molecule has 0 fully saturated rings. The van der Waals surface area contributed by atoms with Crippen molar-refractivity contribution < 1.29 is 13.2 Å². The molecule has 0 aliphatic rings. The van der Waals surface area contributed by atoms with Crippen molar-refractivity contribution in [3.8, 4) is 0 Å². The summed E-state index contributed by atoms with van der Waals surface area (Å²) < 4.78 is 26.1. The molecule has 0 saturated carbocycles. The number of carbonyl (C=O) groups excluding carboxylic acids is 1. The summed E-state index contributed by atoms with van der Waals surface area (Å²) >= 11 is 0. The molecule has 1 aromatic rings. The van der Waals surface area contributed by atoms with Crippen LogP contribution in [0.1, 0.15) is 20.8 Å².